The molecule has 5 N–H and O–H groups in total. The molecule has 11 nitrogen and oxygen atoms in total. The van der Waals surface area contributed by atoms with Crippen LogP contribution in [-0.4, -0.2) is 83.9 Å². The van der Waals surface area contributed by atoms with E-state index < -0.39 is 28.3 Å². The van der Waals surface area contributed by atoms with Crippen LogP contribution >= 0.6 is 11.8 Å². The number of nitrogens with one attached hydrogen (secondary N) is 1. The second-order valence-electron chi connectivity index (χ2n) is 9.65. The number of amides is 1. The smallest absolute Gasteiger partial charge is 0.353 e. The molecule has 1 amide bonds. The molecule has 1 aromatic carbocycles. The van der Waals surface area contributed by atoms with E-state index in [1.165, 1.54) is 23.6 Å². The van der Waals surface area contributed by atoms with Crippen molar-refractivity contribution in [3.8, 4) is 5.75 Å². The Morgan fingerprint density at radius 3 is 2.62 bits per heavy atom. The van der Waals surface area contributed by atoms with Gasteiger partial charge in [0.15, 0.2) is 0 Å². The quantitative estimate of drug-likeness (QED) is 0.313. The molecule has 0 saturated carbocycles. The number of ether oxygens (including phenoxy) is 1. The summed E-state index contributed by atoms with van der Waals surface area (Å²) in [4.78, 5) is 28.8. The van der Waals surface area contributed by atoms with E-state index in [9.17, 15) is 28.2 Å². The molecule has 2 heterocycles. The fourth-order valence-electron chi connectivity index (χ4n) is 5.15. The van der Waals surface area contributed by atoms with E-state index in [1.807, 2.05) is 31.2 Å². The highest BCUT2D eigenvalue weighted by Gasteiger charge is 2.45. The predicted octanol–water partition coefficient (Wildman–Crippen LogP) is 1.10. The molecule has 3 rings (SSSR count). The number of thioether (sulfide) groups is 1. The van der Waals surface area contributed by atoms with Crippen LogP contribution in [0.2, 0.25) is 0 Å². The molecule has 0 unspecified atom stereocenters. The molecule has 0 radical (unpaired) electrons. The summed E-state index contributed by atoms with van der Waals surface area (Å²) in [6.45, 7) is 6.06. The van der Waals surface area contributed by atoms with Crippen LogP contribution in [0.25, 0.3) is 0 Å². The van der Waals surface area contributed by atoms with Gasteiger partial charge in [0.05, 0.1) is 13.2 Å². The molecule has 2 aliphatic heterocycles. The number of carboxylic acid groups (broad SMARTS) is 1. The van der Waals surface area contributed by atoms with Crippen molar-refractivity contribution in [2.24, 2.45) is 11.1 Å². The molecule has 0 aromatic heterocycles. The monoisotopic (exact) mass is 556 g/mol. The van der Waals surface area contributed by atoms with Gasteiger partial charge in [0.25, 0.3) is 10.2 Å². The van der Waals surface area contributed by atoms with E-state index >= 15 is 0 Å². The van der Waals surface area contributed by atoms with E-state index in [0.717, 1.165) is 5.56 Å². The van der Waals surface area contributed by atoms with Crippen LogP contribution in [0, 0.1) is 5.92 Å². The molecule has 1 fully saturated rings. The molecule has 1 saturated heterocycles. The van der Waals surface area contributed by atoms with Crippen LogP contribution < -0.4 is 14.6 Å². The molecule has 0 spiro atoms. The van der Waals surface area contributed by atoms with Gasteiger partial charge in [0.1, 0.15) is 11.4 Å². The van der Waals surface area contributed by atoms with Crippen LogP contribution in [0.15, 0.2) is 34.9 Å². The first-order valence-electron chi connectivity index (χ1n) is 12.1. The van der Waals surface area contributed by atoms with E-state index in [0.29, 0.717) is 30.2 Å². The van der Waals surface area contributed by atoms with Crippen LogP contribution in [0.4, 0.5) is 0 Å². The average molecular weight is 557 g/mol. The highest BCUT2D eigenvalue weighted by Crippen LogP contribution is 2.46. The maximum Gasteiger partial charge on any atom is 0.353 e. The van der Waals surface area contributed by atoms with Gasteiger partial charge >= 0.3 is 5.97 Å². The number of nitrogens with zero attached hydrogens (tertiary/aromatic N) is 2. The Morgan fingerprint density at radius 1 is 1.35 bits per heavy atom. The number of hydrogen-bond donors (Lipinski definition) is 4. The largest absolute Gasteiger partial charge is 0.497 e. The number of rotatable bonds is 11. The SMILES string of the molecule is COc1cccc(CN2C[C@@H](SC3=C(C(=O)O)N(C(C)=O)[C@@H](C[C@@H](C)O)[C@H]3C)C[C@H]2CNS(N)(=O)=O)c1. The van der Waals surface area contributed by atoms with Gasteiger partial charge < -0.3 is 19.8 Å². The summed E-state index contributed by atoms with van der Waals surface area (Å²) in [6, 6.07) is 6.97. The third-order valence-electron chi connectivity index (χ3n) is 6.74. The summed E-state index contributed by atoms with van der Waals surface area (Å²) in [7, 11) is -2.29. The fourth-order valence-corrected chi connectivity index (χ4v) is 7.18. The standard InChI is InChI=1S/C24H36N4O7S2/c1-14(29)8-21-15(2)23(22(24(31)32)28(21)16(3)30)36-20-10-18(11-26-37(25,33)34)27(13-20)12-17-6-5-7-19(9-17)35-4/h5-7,9,14-15,18,20-21,26,29H,8,10-13H2,1-4H3,(H,31,32)(H2,25,33,34)/t14-,15-,18+,20+,21+/m1/s1. The summed E-state index contributed by atoms with van der Waals surface area (Å²) in [5, 5.41) is 25.2. The van der Waals surface area contributed by atoms with E-state index in [2.05, 4.69) is 9.62 Å². The summed E-state index contributed by atoms with van der Waals surface area (Å²) in [6.07, 6.45) is 0.142. The summed E-state index contributed by atoms with van der Waals surface area (Å²) in [5.74, 6) is -1.13. The number of carboxylic acids is 1. The number of benzene rings is 1. The minimum atomic E-state index is -3.88. The molecule has 2 aliphatic rings. The molecule has 37 heavy (non-hydrogen) atoms. The second-order valence-corrected chi connectivity index (χ2v) is 12.4. The van der Waals surface area contributed by atoms with Crippen molar-refractivity contribution in [3.05, 3.63) is 40.4 Å². The van der Waals surface area contributed by atoms with Crippen molar-refractivity contribution in [2.75, 3.05) is 20.2 Å². The number of carbonyl (C=O) groups excluding carboxylic acids is 1. The fraction of sp³-hybridized carbons (Fsp3) is 0.583. The first-order chi connectivity index (χ1) is 17.3. The van der Waals surface area contributed by atoms with Gasteiger partial charge in [-0.3, -0.25) is 9.69 Å². The molecule has 13 heteroatoms. The molecule has 1 aromatic rings. The second kappa shape index (κ2) is 12.1. The Kier molecular flexibility index (Phi) is 9.64. The van der Waals surface area contributed by atoms with Crippen molar-refractivity contribution >= 4 is 33.8 Å². The highest BCUT2D eigenvalue weighted by molar-refractivity contribution is 8.03. The van der Waals surface area contributed by atoms with Gasteiger partial charge in [-0.05, 0) is 37.5 Å². The molecular formula is C24H36N4O7S2. The van der Waals surface area contributed by atoms with Crippen LogP contribution in [0.1, 0.15) is 39.2 Å². The Hall–Kier alpha value is -2.16. The van der Waals surface area contributed by atoms with E-state index in [-0.39, 0.29) is 41.8 Å². The number of hydrogen-bond acceptors (Lipinski definition) is 8. The molecule has 0 aliphatic carbocycles. The number of methoxy groups -OCH3 is 1. The zero-order valence-electron chi connectivity index (χ0n) is 21.5. The third-order valence-corrected chi connectivity index (χ3v) is 8.81. The normalized spacial score (nSPS) is 25.5. The maximum atomic E-state index is 12.5. The number of nitrogens with two attached hydrogens (primary N) is 1. The molecule has 206 valence electrons. The lowest BCUT2D eigenvalue weighted by Gasteiger charge is -2.28. The van der Waals surface area contributed by atoms with Crippen LogP contribution in [0.3, 0.4) is 0 Å². The maximum absolute atomic E-state index is 12.5. The van der Waals surface area contributed by atoms with Gasteiger partial charge in [-0.1, -0.05) is 19.1 Å². The minimum Gasteiger partial charge on any atom is -0.497 e. The first kappa shape index (κ1) is 29.4. The minimum absolute atomic E-state index is 0.0406. The average Bonchev–Trinajstić information content (AvgIpc) is 3.30. The summed E-state index contributed by atoms with van der Waals surface area (Å²) < 4.78 is 30.9. The van der Waals surface area contributed by atoms with Crippen LogP contribution in [-0.2, 0) is 26.3 Å². The molecule has 5 atom stereocenters. The lowest BCUT2D eigenvalue weighted by atomic mass is 9.98. The van der Waals surface area contributed by atoms with Crippen molar-refractivity contribution in [1.82, 2.24) is 14.5 Å². The van der Waals surface area contributed by atoms with Gasteiger partial charge in [-0.25, -0.2) is 14.7 Å². The Balaban J connectivity index is 1.87. The van der Waals surface area contributed by atoms with Gasteiger partial charge in [0.2, 0.25) is 5.91 Å². The van der Waals surface area contributed by atoms with Gasteiger partial charge in [0, 0.05) is 54.7 Å². The van der Waals surface area contributed by atoms with E-state index in [1.54, 1.807) is 14.0 Å². The van der Waals surface area contributed by atoms with Crippen molar-refractivity contribution in [1.29, 1.82) is 0 Å². The first-order valence-corrected chi connectivity index (χ1v) is 14.5. The zero-order chi connectivity index (χ0) is 27.5. The summed E-state index contributed by atoms with van der Waals surface area (Å²) in [5.41, 5.74) is 0.950. The predicted molar refractivity (Wildman–Crippen MR) is 141 cm³/mol. The molecule has 0 bridgehead atoms. The van der Waals surface area contributed by atoms with Crippen molar-refractivity contribution < 1.29 is 33.0 Å². The number of aliphatic hydroxyl groups excluding tert-OH is 1. The number of aliphatic carboxylic acids is 1. The Bertz CT molecular complexity index is 1140. The van der Waals surface area contributed by atoms with E-state index in [4.69, 9.17) is 9.88 Å². The lowest BCUT2D eigenvalue weighted by molar-refractivity contribution is -0.140. The summed E-state index contributed by atoms with van der Waals surface area (Å²) >= 11 is 1.42. The van der Waals surface area contributed by atoms with Gasteiger partial charge in [-0.15, -0.1) is 11.8 Å². The number of likely N-dealkylation sites (tertiary alicyclic amines) is 1. The van der Waals surface area contributed by atoms with Gasteiger partial charge in [-0.2, -0.15) is 8.42 Å². The Labute approximate surface area is 222 Å². The number of aliphatic hydroxyl groups is 1. The highest BCUT2D eigenvalue weighted by atomic mass is 32.2. The lowest BCUT2D eigenvalue weighted by Crippen LogP contribution is -2.42. The molecular weight excluding hydrogens is 520 g/mol. The van der Waals surface area contributed by atoms with Crippen LogP contribution in [0.5, 0.6) is 5.75 Å². The van der Waals surface area contributed by atoms with Crippen molar-refractivity contribution in [3.63, 3.8) is 0 Å². The Morgan fingerprint density at radius 2 is 2.05 bits per heavy atom. The zero-order valence-corrected chi connectivity index (χ0v) is 23.1. The third kappa shape index (κ3) is 7.45. The number of carbonyl (C=O) groups is 2. The van der Waals surface area contributed by atoms with Crippen molar-refractivity contribution in [2.45, 2.75) is 63.6 Å². The topological polar surface area (TPSA) is 162 Å².